The number of hydrogen-bond donors (Lipinski definition) is 1. The molecule has 30 heavy (non-hydrogen) atoms. The van der Waals surface area contributed by atoms with Gasteiger partial charge in [-0.05, 0) is 47.0 Å². The molecule has 0 saturated carbocycles. The van der Waals surface area contributed by atoms with Crippen LogP contribution in [0.25, 0.3) is 22.4 Å². The standard InChI is InChI=1S/C25H20FN3O/c26-22-12-10-21(11-13-22)24-15-23(28-17-29-24)16-27-25(30)14-18-6-8-20(9-7-18)19-4-2-1-3-5-19/h1-13,15,17H,14,16H2,(H,27,30). The Hall–Kier alpha value is -3.86. The Morgan fingerprint density at radius 3 is 2.20 bits per heavy atom. The van der Waals surface area contributed by atoms with Crippen LogP contribution < -0.4 is 5.32 Å². The summed E-state index contributed by atoms with van der Waals surface area (Å²) in [4.78, 5) is 20.8. The zero-order valence-corrected chi connectivity index (χ0v) is 16.3. The Kier molecular flexibility index (Phi) is 5.90. The van der Waals surface area contributed by atoms with Crippen LogP contribution in [-0.4, -0.2) is 15.9 Å². The highest BCUT2D eigenvalue weighted by molar-refractivity contribution is 5.78. The first-order valence-corrected chi connectivity index (χ1v) is 9.65. The summed E-state index contributed by atoms with van der Waals surface area (Å²) in [5, 5.41) is 2.89. The van der Waals surface area contributed by atoms with E-state index in [1.54, 1.807) is 18.2 Å². The fourth-order valence-corrected chi connectivity index (χ4v) is 3.16. The van der Waals surface area contributed by atoms with Crippen molar-refractivity contribution in [3.8, 4) is 22.4 Å². The Bertz CT molecular complexity index is 1130. The molecule has 0 bridgehead atoms. The second-order valence-corrected chi connectivity index (χ2v) is 6.92. The van der Waals surface area contributed by atoms with Gasteiger partial charge in [0.15, 0.2) is 0 Å². The molecule has 0 unspecified atom stereocenters. The van der Waals surface area contributed by atoms with E-state index in [9.17, 15) is 9.18 Å². The summed E-state index contributed by atoms with van der Waals surface area (Å²) < 4.78 is 13.1. The first kappa shape index (κ1) is 19.5. The Morgan fingerprint density at radius 2 is 1.47 bits per heavy atom. The van der Waals surface area contributed by atoms with E-state index in [1.165, 1.54) is 18.5 Å². The van der Waals surface area contributed by atoms with Crippen LogP contribution in [0, 0.1) is 5.82 Å². The van der Waals surface area contributed by atoms with Crippen molar-refractivity contribution in [3.05, 3.63) is 108 Å². The number of nitrogens with zero attached hydrogens (tertiary/aromatic N) is 2. The highest BCUT2D eigenvalue weighted by atomic mass is 19.1. The molecule has 0 atom stereocenters. The van der Waals surface area contributed by atoms with Crippen molar-refractivity contribution in [2.75, 3.05) is 0 Å². The van der Waals surface area contributed by atoms with Crippen molar-refractivity contribution >= 4 is 5.91 Å². The van der Waals surface area contributed by atoms with E-state index in [2.05, 4.69) is 27.4 Å². The molecular weight excluding hydrogens is 377 g/mol. The molecule has 0 spiro atoms. The van der Waals surface area contributed by atoms with Gasteiger partial charge in [0.1, 0.15) is 12.1 Å². The number of carbonyl (C=O) groups excluding carboxylic acids is 1. The molecule has 0 saturated heterocycles. The van der Waals surface area contributed by atoms with Crippen LogP contribution >= 0.6 is 0 Å². The lowest BCUT2D eigenvalue weighted by Gasteiger charge is -2.07. The molecule has 1 N–H and O–H groups in total. The van der Waals surface area contributed by atoms with Crippen molar-refractivity contribution in [1.29, 1.82) is 0 Å². The number of amides is 1. The average molecular weight is 397 g/mol. The maximum Gasteiger partial charge on any atom is 0.224 e. The van der Waals surface area contributed by atoms with Gasteiger partial charge in [-0.2, -0.15) is 0 Å². The second kappa shape index (κ2) is 9.09. The fourth-order valence-electron chi connectivity index (χ4n) is 3.16. The summed E-state index contributed by atoms with van der Waals surface area (Å²) >= 11 is 0. The van der Waals surface area contributed by atoms with Gasteiger partial charge in [-0.3, -0.25) is 4.79 Å². The lowest BCUT2D eigenvalue weighted by molar-refractivity contribution is -0.120. The topological polar surface area (TPSA) is 54.9 Å². The van der Waals surface area contributed by atoms with E-state index in [0.717, 1.165) is 22.3 Å². The molecule has 0 aliphatic heterocycles. The minimum atomic E-state index is -0.294. The zero-order valence-electron chi connectivity index (χ0n) is 16.3. The Labute approximate surface area is 174 Å². The minimum Gasteiger partial charge on any atom is -0.350 e. The molecule has 0 aliphatic carbocycles. The van der Waals surface area contributed by atoms with E-state index in [-0.39, 0.29) is 11.7 Å². The van der Waals surface area contributed by atoms with E-state index in [4.69, 9.17) is 0 Å². The SMILES string of the molecule is O=C(Cc1ccc(-c2ccccc2)cc1)NCc1cc(-c2ccc(F)cc2)ncn1. The lowest BCUT2D eigenvalue weighted by atomic mass is 10.0. The number of nitrogens with one attached hydrogen (secondary N) is 1. The monoisotopic (exact) mass is 397 g/mol. The maximum atomic E-state index is 13.1. The van der Waals surface area contributed by atoms with Crippen molar-refractivity contribution in [2.24, 2.45) is 0 Å². The van der Waals surface area contributed by atoms with E-state index >= 15 is 0 Å². The van der Waals surface area contributed by atoms with E-state index < -0.39 is 0 Å². The number of rotatable bonds is 6. The number of aromatic nitrogens is 2. The molecule has 0 aliphatic rings. The molecule has 4 nitrogen and oxygen atoms in total. The van der Waals surface area contributed by atoms with Crippen LogP contribution in [0.4, 0.5) is 4.39 Å². The summed E-state index contributed by atoms with van der Waals surface area (Å²) in [6.45, 7) is 0.303. The fraction of sp³-hybridized carbons (Fsp3) is 0.0800. The number of carbonyl (C=O) groups is 1. The minimum absolute atomic E-state index is 0.0793. The number of hydrogen-bond acceptors (Lipinski definition) is 3. The maximum absolute atomic E-state index is 13.1. The molecule has 4 aromatic rings. The normalized spacial score (nSPS) is 10.6. The molecule has 148 valence electrons. The van der Waals surface area contributed by atoms with E-state index in [0.29, 0.717) is 24.4 Å². The van der Waals surface area contributed by atoms with Crippen LogP contribution in [0.15, 0.2) is 91.3 Å². The highest BCUT2D eigenvalue weighted by Gasteiger charge is 2.07. The first-order chi connectivity index (χ1) is 14.7. The van der Waals surface area contributed by atoms with Gasteiger partial charge in [-0.25, -0.2) is 14.4 Å². The van der Waals surface area contributed by atoms with Gasteiger partial charge >= 0.3 is 0 Å². The van der Waals surface area contributed by atoms with Gasteiger partial charge in [0.05, 0.1) is 24.4 Å². The first-order valence-electron chi connectivity index (χ1n) is 9.65. The quantitative estimate of drug-likeness (QED) is 0.508. The molecular formula is C25H20FN3O. The third-order valence-electron chi connectivity index (χ3n) is 4.76. The molecule has 3 aromatic carbocycles. The average Bonchev–Trinajstić information content (AvgIpc) is 2.79. The van der Waals surface area contributed by atoms with Crippen molar-refractivity contribution in [1.82, 2.24) is 15.3 Å². The summed E-state index contributed by atoms with van der Waals surface area (Å²) in [6.07, 6.45) is 1.74. The number of halogens is 1. The van der Waals surface area contributed by atoms with Crippen molar-refractivity contribution in [3.63, 3.8) is 0 Å². The summed E-state index contributed by atoms with van der Waals surface area (Å²) in [6, 6.07) is 26.0. The smallest absolute Gasteiger partial charge is 0.224 e. The lowest BCUT2D eigenvalue weighted by Crippen LogP contribution is -2.25. The molecule has 0 radical (unpaired) electrons. The Balaban J connectivity index is 1.35. The molecule has 1 heterocycles. The molecule has 5 heteroatoms. The predicted molar refractivity (Wildman–Crippen MR) is 115 cm³/mol. The predicted octanol–water partition coefficient (Wildman–Crippen LogP) is 4.81. The van der Waals surface area contributed by atoms with Crippen molar-refractivity contribution < 1.29 is 9.18 Å². The molecule has 1 amide bonds. The summed E-state index contributed by atoms with van der Waals surface area (Å²) in [7, 11) is 0. The van der Waals surface area contributed by atoms with Crippen LogP contribution in [0.1, 0.15) is 11.3 Å². The number of benzene rings is 3. The van der Waals surface area contributed by atoms with Gasteiger partial charge in [-0.15, -0.1) is 0 Å². The largest absolute Gasteiger partial charge is 0.350 e. The zero-order chi connectivity index (χ0) is 20.8. The van der Waals surface area contributed by atoms with E-state index in [1.807, 2.05) is 42.5 Å². The van der Waals surface area contributed by atoms with Crippen molar-refractivity contribution in [2.45, 2.75) is 13.0 Å². The van der Waals surface area contributed by atoms with Gasteiger partial charge in [-0.1, -0.05) is 54.6 Å². The summed E-state index contributed by atoms with van der Waals surface area (Å²) in [5.41, 5.74) is 5.39. The van der Waals surface area contributed by atoms with Gasteiger partial charge in [0.2, 0.25) is 5.91 Å². The molecule has 4 rings (SSSR count). The third-order valence-corrected chi connectivity index (χ3v) is 4.76. The second-order valence-electron chi connectivity index (χ2n) is 6.92. The summed E-state index contributed by atoms with van der Waals surface area (Å²) in [5.74, 6) is -0.374. The van der Waals surface area contributed by atoms with Crippen LogP contribution in [0.3, 0.4) is 0 Å². The van der Waals surface area contributed by atoms with Gasteiger partial charge < -0.3 is 5.32 Å². The Morgan fingerprint density at radius 1 is 0.800 bits per heavy atom. The van der Waals surface area contributed by atoms with Crippen LogP contribution in [0.2, 0.25) is 0 Å². The van der Waals surface area contributed by atoms with Gasteiger partial charge in [0.25, 0.3) is 0 Å². The third kappa shape index (κ3) is 4.94. The molecule has 1 aromatic heterocycles. The molecule has 0 fully saturated rings. The van der Waals surface area contributed by atoms with Crippen LogP contribution in [0.5, 0.6) is 0 Å². The van der Waals surface area contributed by atoms with Gasteiger partial charge in [0, 0.05) is 5.56 Å². The van der Waals surface area contributed by atoms with Crippen LogP contribution in [-0.2, 0) is 17.8 Å². The highest BCUT2D eigenvalue weighted by Crippen LogP contribution is 2.20.